The van der Waals surface area contributed by atoms with Gasteiger partial charge in [-0.2, -0.15) is 4.98 Å². The fourth-order valence-electron chi connectivity index (χ4n) is 3.36. The zero-order chi connectivity index (χ0) is 17.4. The summed E-state index contributed by atoms with van der Waals surface area (Å²) in [6.07, 6.45) is 2.83. The summed E-state index contributed by atoms with van der Waals surface area (Å²) in [4.78, 5) is 24.7. The van der Waals surface area contributed by atoms with Gasteiger partial charge in [0.25, 0.3) is 5.56 Å². The van der Waals surface area contributed by atoms with Crippen molar-refractivity contribution in [3.8, 4) is 0 Å². The Kier molecular flexibility index (Phi) is 4.01. The molecule has 1 fully saturated rings. The summed E-state index contributed by atoms with van der Waals surface area (Å²) >= 11 is 0. The van der Waals surface area contributed by atoms with Gasteiger partial charge in [-0.25, -0.2) is 4.98 Å². The van der Waals surface area contributed by atoms with Crippen molar-refractivity contribution in [1.82, 2.24) is 19.5 Å². The van der Waals surface area contributed by atoms with Crippen LogP contribution in [0.4, 0.5) is 5.95 Å². The van der Waals surface area contributed by atoms with Gasteiger partial charge in [0.05, 0.1) is 12.1 Å². The molecule has 0 saturated heterocycles. The van der Waals surface area contributed by atoms with Gasteiger partial charge in [-0.05, 0) is 24.8 Å². The van der Waals surface area contributed by atoms with Crippen LogP contribution in [0.5, 0.6) is 0 Å². The lowest BCUT2D eigenvalue weighted by Crippen LogP contribution is -2.32. The van der Waals surface area contributed by atoms with Gasteiger partial charge in [0.1, 0.15) is 5.82 Å². The quantitative estimate of drug-likeness (QED) is 0.671. The molecular formula is C18H21N5O2. The minimum Gasteiger partial charge on any atom is -0.391 e. The fraction of sp³-hybridized carbons (Fsp3) is 0.389. The van der Waals surface area contributed by atoms with E-state index in [1.54, 1.807) is 7.05 Å². The molecule has 2 aromatic heterocycles. The molecule has 1 aliphatic rings. The van der Waals surface area contributed by atoms with E-state index in [4.69, 9.17) is 0 Å². The van der Waals surface area contributed by atoms with Gasteiger partial charge >= 0.3 is 0 Å². The topological polar surface area (TPSA) is 95.8 Å². The zero-order valence-electron chi connectivity index (χ0n) is 14.1. The first-order valence-corrected chi connectivity index (χ1v) is 8.56. The molecule has 0 aliphatic heterocycles. The first kappa shape index (κ1) is 15.8. The van der Waals surface area contributed by atoms with Crippen LogP contribution in [0.2, 0.25) is 0 Å². The molecule has 0 spiro atoms. The van der Waals surface area contributed by atoms with E-state index in [1.807, 2.05) is 30.3 Å². The van der Waals surface area contributed by atoms with E-state index in [-0.39, 0.29) is 11.6 Å². The second kappa shape index (κ2) is 6.33. The van der Waals surface area contributed by atoms with Crippen LogP contribution in [0.15, 0.2) is 35.1 Å². The number of aromatic nitrogens is 4. The third-order valence-electron chi connectivity index (χ3n) is 4.79. The van der Waals surface area contributed by atoms with Crippen molar-refractivity contribution in [3.05, 3.63) is 52.1 Å². The number of hydrogen-bond donors (Lipinski definition) is 3. The summed E-state index contributed by atoms with van der Waals surface area (Å²) in [7, 11) is 1.68. The smallest absolute Gasteiger partial charge is 0.280 e. The van der Waals surface area contributed by atoms with Gasteiger partial charge in [-0.15, -0.1) is 0 Å². The molecule has 1 aliphatic carbocycles. The average molecular weight is 339 g/mol. The molecule has 2 heterocycles. The highest BCUT2D eigenvalue weighted by Gasteiger charge is 2.26. The van der Waals surface area contributed by atoms with Crippen LogP contribution in [0.25, 0.3) is 11.2 Å². The first-order chi connectivity index (χ1) is 12.1. The molecule has 0 radical (unpaired) electrons. The Morgan fingerprint density at radius 3 is 2.80 bits per heavy atom. The largest absolute Gasteiger partial charge is 0.391 e. The number of H-pyrrole nitrogens is 1. The highest BCUT2D eigenvalue weighted by molar-refractivity contribution is 5.71. The standard InChI is InChI=1S/C18H21N5O2/c1-23-17(25)15-16(22-18(23)19-12-8-5-9-13(12)24)21-14(20-15)10-11-6-3-2-4-7-11/h2-4,6-7,12-13,24H,5,8-10H2,1H3,(H,19,22)(H,20,21)/t12-,13-/m1/s1. The summed E-state index contributed by atoms with van der Waals surface area (Å²) in [6, 6.07) is 9.89. The lowest BCUT2D eigenvalue weighted by Gasteiger charge is -2.18. The van der Waals surface area contributed by atoms with Crippen molar-refractivity contribution >= 4 is 17.1 Å². The molecule has 3 N–H and O–H groups in total. The van der Waals surface area contributed by atoms with E-state index in [0.717, 1.165) is 24.8 Å². The lowest BCUT2D eigenvalue weighted by atomic mass is 10.1. The molecule has 7 nitrogen and oxygen atoms in total. The van der Waals surface area contributed by atoms with Crippen molar-refractivity contribution in [2.75, 3.05) is 5.32 Å². The molecule has 0 bridgehead atoms. The second-order valence-electron chi connectivity index (χ2n) is 6.59. The summed E-state index contributed by atoms with van der Waals surface area (Å²) in [5.41, 5.74) is 1.76. The third-order valence-corrected chi connectivity index (χ3v) is 4.79. The third kappa shape index (κ3) is 3.02. The predicted octanol–water partition coefficient (Wildman–Crippen LogP) is 1.57. The summed E-state index contributed by atoms with van der Waals surface area (Å²) in [5, 5.41) is 13.2. The highest BCUT2D eigenvalue weighted by atomic mass is 16.3. The monoisotopic (exact) mass is 339 g/mol. The first-order valence-electron chi connectivity index (χ1n) is 8.56. The Morgan fingerprint density at radius 1 is 1.28 bits per heavy atom. The van der Waals surface area contributed by atoms with Crippen molar-refractivity contribution < 1.29 is 5.11 Å². The number of aliphatic hydroxyl groups excluding tert-OH is 1. The van der Waals surface area contributed by atoms with Crippen LogP contribution in [-0.4, -0.2) is 36.8 Å². The Morgan fingerprint density at radius 2 is 2.08 bits per heavy atom. The van der Waals surface area contributed by atoms with Crippen LogP contribution in [0, 0.1) is 0 Å². The number of nitrogens with zero attached hydrogens (tertiary/aromatic N) is 3. The Hall–Kier alpha value is -2.67. The molecule has 25 heavy (non-hydrogen) atoms. The van der Waals surface area contributed by atoms with E-state index >= 15 is 0 Å². The fourth-order valence-corrected chi connectivity index (χ4v) is 3.36. The van der Waals surface area contributed by atoms with Crippen LogP contribution >= 0.6 is 0 Å². The number of benzene rings is 1. The molecule has 7 heteroatoms. The van der Waals surface area contributed by atoms with Gasteiger partial charge in [0.2, 0.25) is 5.95 Å². The van der Waals surface area contributed by atoms with Crippen LogP contribution in [0.3, 0.4) is 0 Å². The molecular weight excluding hydrogens is 318 g/mol. The molecule has 1 aromatic carbocycles. The number of fused-ring (bicyclic) bond motifs is 1. The number of hydrogen-bond acceptors (Lipinski definition) is 5. The summed E-state index contributed by atoms with van der Waals surface area (Å²) in [5.74, 6) is 1.16. The van der Waals surface area contributed by atoms with Crippen LogP contribution in [-0.2, 0) is 13.5 Å². The van der Waals surface area contributed by atoms with Crippen molar-refractivity contribution in [3.63, 3.8) is 0 Å². The van der Waals surface area contributed by atoms with Crippen LogP contribution in [0.1, 0.15) is 30.7 Å². The SMILES string of the molecule is Cn1c(N[C@@H]2CCC[C@H]2O)nc2nc(Cc3ccccc3)[nH]c2c1=O. The predicted molar refractivity (Wildman–Crippen MR) is 95.6 cm³/mol. The van der Waals surface area contributed by atoms with Crippen molar-refractivity contribution in [1.29, 1.82) is 0 Å². The maximum atomic E-state index is 12.6. The number of nitrogens with one attached hydrogen (secondary N) is 2. The maximum Gasteiger partial charge on any atom is 0.280 e. The van der Waals surface area contributed by atoms with Crippen molar-refractivity contribution in [2.24, 2.45) is 7.05 Å². The minimum atomic E-state index is -0.402. The maximum absolute atomic E-state index is 12.6. The van der Waals surface area contributed by atoms with E-state index in [0.29, 0.717) is 29.4 Å². The number of imidazole rings is 1. The van der Waals surface area contributed by atoms with Gasteiger partial charge in [0.15, 0.2) is 11.2 Å². The lowest BCUT2D eigenvalue weighted by molar-refractivity contribution is 0.171. The van der Waals surface area contributed by atoms with E-state index in [1.165, 1.54) is 4.57 Å². The number of anilines is 1. The van der Waals surface area contributed by atoms with E-state index in [2.05, 4.69) is 20.3 Å². The number of aromatic amines is 1. The highest BCUT2D eigenvalue weighted by Crippen LogP contribution is 2.22. The molecule has 130 valence electrons. The van der Waals surface area contributed by atoms with Crippen molar-refractivity contribution in [2.45, 2.75) is 37.8 Å². The molecule has 1 saturated carbocycles. The number of aliphatic hydroxyl groups is 1. The number of rotatable bonds is 4. The molecule has 3 aromatic rings. The normalized spacial score (nSPS) is 20.2. The molecule has 4 rings (SSSR count). The molecule has 0 unspecified atom stereocenters. The Bertz CT molecular complexity index is 947. The van der Waals surface area contributed by atoms with Gasteiger partial charge in [0, 0.05) is 13.5 Å². The average Bonchev–Trinajstić information content (AvgIpc) is 3.20. The zero-order valence-corrected chi connectivity index (χ0v) is 14.1. The Labute approximate surface area is 144 Å². The summed E-state index contributed by atoms with van der Waals surface area (Å²) < 4.78 is 1.47. The van der Waals surface area contributed by atoms with Crippen LogP contribution < -0.4 is 10.9 Å². The molecule has 0 amide bonds. The van der Waals surface area contributed by atoms with Gasteiger partial charge < -0.3 is 15.4 Å². The summed E-state index contributed by atoms with van der Waals surface area (Å²) in [6.45, 7) is 0. The Balaban J connectivity index is 1.67. The van der Waals surface area contributed by atoms with E-state index in [9.17, 15) is 9.90 Å². The van der Waals surface area contributed by atoms with Gasteiger partial charge in [-0.1, -0.05) is 30.3 Å². The minimum absolute atomic E-state index is 0.0710. The molecule has 2 atom stereocenters. The van der Waals surface area contributed by atoms with E-state index < -0.39 is 6.10 Å². The van der Waals surface area contributed by atoms with Gasteiger partial charge in [-0.3, -0.25) is 9.36 Å². The second-order valence-corrected chi connectivity index (χ2v) is 6.59.